The molecule has 0 N–H and O–H groups in total. The maximum absolute atomic E-state index is 12.8. The predicted molar refractivity (Wildman–Crippen MR) is 136 cm³/mol. The van der Waals surface area contributed by atoms with E-state index >= 15 is 0 Å². The molecule has 3 aromatic rings. The summed E-state index contributed by atoms with van der Waals surface area (Å²) in [7, 11) is 0. The van der Waals surface area contributed by atoms with E-state index in [9.17, 15) is 4.79 Å². The van der Waals surface area contributed by atoms with Gasteiger partial charge in [0.15, 0.2) is 11.5 Å². The molecule has 1 aliphatic heterocycles. The molecule has 0 amide bonds. The minimum Gasteiger partial charge on any atom is -0.454 e. The molecular weight excluding hydrogens is 420 g/mol. The lowest BCUT2D eigenvalue weighted by Crippen LogP contribution is -2.07. The lowest BCUT2D eigenvalue weighted by Gasteiger charge is -2.23. The second-order valence-corrected chi connectivity index (χ2v) is 9.25. The fraction of sp³-hybridized carbons (Fsp3) is 0.258. The summed E-state index contributed by atoms with van der Waals surface area (Å²) in [6, 6.07) is 23.2. The van der Waals surface area contributed by atoms with Gasteiger partial charge in [0, 0.05) is 18.8 Å². The van der Waals surface area contributed by atoms with Gasteiger partial charge in [-0.3, -0.25) is 4.79 Å². The van der Waals surface area contributed by atoms with Crippen LogP contribution in [0.2, 0.25) is 0 Å². The van der Waals surface area contributed by atoms with Crippen molar-refractivity contribution in [2.45, 2.75) is 45.4 Å². The van der Waals surface area contributed by atoms with E-state index < -0.39 is 0 Å². The number of carbonyl (C=O) groups excluding carboxylic acids is 1. The average Bonchev–Trinajstić information content (AvgIpc) is 3.49. The van der Waals surface area contributed by atoms with Crippen LogP contribution in [0.1, 0.15) is 53.0 Å². The zero-order valence-electron chi connectivity index (χ0n) is 19.8. The van der Waals surface area contributed by atoms with Crippen LogP contribution in [0.4, 0.5) is 0 Å². The highest BCUT2D eigenvalue weighted by Gasteiger charge is 2.27. The second kappa shape index (κ2) is 9.72. The number of ether oxygens (including phenoxy) is 2. The van der Waals surface area contributed by atoms with Crippen molar-refractivity contribution in [3.63, 3.8) is 0 Å². The van der Waals surface area contributed by atoms with Gasteiger partial charge in [-0.2, -0.15) is 0 Å². The summed E-state index contributed by atoms with van der Waals surface area (Å²) in [5, 5.41) is 0. The van der Waals surface area contributed by atoms with Gasteiger partial charge in [0.2, 0.25) is 6.79 Å². The number of benzene rings is 3. The maximum Gasteiger partial charge on any atom is 0.231 e. The van der Waals surface area contributed by atoms with E-state index in [1.165, 1.54) is 33.4 Å². The highest BCUT2D eigenvalue weighted by atomic mass is 16.7. The van der Waals surface area contributed by atoms with Gasteiger partial charge in [0.1, 0.15) is 5.78 Å². The highest BCUT2D eigenvalue weighted by Crippen LogP contribution is 2.45. The van der Waals surface area contributed by atoms with Crippen molar-refractivity contribution < 1.29 is 14.3 Å². The van der Waals surface area contributed by atoms with Crippen molar-refractivity contribution in [3.05, 3.63) is 112 Å². The summed E-state index contributed by atoms with van der Waals surface area (Å²) in [5.41, 5.74) is 8.89. The molecule has 0 fully saturated rings. The highest BCUT2D eigenvalue weighted by molar-refractivity contribution is 5.82. The lowest BCUT2D eigenvalue weighted by molar-refractivity contribution is -0.119. The molecule has 3 heteroatoms. The summed E-state index contributed by atoms with van der Waals surface area (Å²) < 4.78 is 10.8. The van der Waals surface area contributed by atoms with Crippen molar-refractivity contribution in [1.82, 2.24) is 0 Å². The molecule has 2 aliphatic rings. The number of allylic oxidation sites excluding steroid dienone is 4. The fourth-order valence-electron chi connectivity index (χ4n) is 5.02. The Morgan fingerprint density at radius 1 is 0.853 bits per heavy atom. The zero-order chi connectivity index (χ0) is 23.5. The molecule has 172 valence electrons. The molecule has 0 bridgehead atoms. The van der Waals surface area contributed by atoms with Crippen LogP contribution in [0.3, 0.4) is 0 Å². The number of carbonyl (C=O) groups is 1. The third-order valence-corrected chi connectivity index (χ3v) is 6.82. The monoisotopic (exact) mass is 450 g/mol. The van der Waals surface area contributed by atoms with Crippen LogP contribution < -0.4 is 9.47 Å². The van der Waals surface area contributed by atoms with Crippen LogP contribution in [-0.2, 0) is 11.2 Å². The minimum absolute atomic E-state index is 0.199. The number of fused-ring (bicyclic) bond motifs is 1. The molecule has 34 heavy (non-hydrogen) atoms. The van der Waals surface area contributed by atoms with Crippen LogP contribution >= 0.6 is 0 Å². The summed E-state index contributed by atoms with van der Waals surface area (Å²) in [5.74, 6) is 2.05. The van der Waals surface area contributed by atoms with E-state index in [1.54, 1.807) is 0 Å². The van der Waals surface area contributed by atoms with Gasteiger partial charge in [-0.15, -0.1) is 0 Å². The van der Waals surface area contributed by atoms with E-state index in [-0.39, 0.29) is 12.7 Å². The van der Waals surface area contributed by atoms with Crippen molar-refractivity contribution >= 4 is 11.4 Å². The van der Waals surface area contributed by atoms with Gasteiger partial charge < -0.3 is 9.47 Å². The molecule has 0 saturated heterocycles. The summed E-state index contributed by atoms with van der Waals surface area (Å²) in [6.07, 6.45) is 7.09. The van der Waals surface area contributed by atoms with E-state index in [1.807, 2.05) is 18.2 Å². The number of aryl methyl sites for hydroxylation is 3. The number of Topliss-reactive ketones (excluding diaryl/α,β-unsaturated/α-hetero) is 1. The van der Waals surface area contributed by atoms with Crippen LogP contribution in [-0.4, -0.2) is 12.6 Å². The van der Waals surface area contributed by atoms with Gasteiger partial charge in [0.05, 0.1) is 0 Å². The first-order chi connectivity index (χ1) is 16.6. The topological polar surface area (TPSA) is 35.5 Å². The molecule has 0 aromatic heterocycles. The first-order valence-corrected chi connectivity index (χ1v) is 12.0. The van der Waals surface area contributed by atoms with E-state index in [2.05, 4.69) is 74.5 Å². The van der Waals surface area contributed by atoms with Crippen LogP contribution in [0.25, 0.3) is 5.57 Å². The smallest absolute Gasteiger partial charge is 0.231 e. The zero-order valence-corrected chi connectivity index (χ0v) is 19.8. The molecule has 1 heterocycles. The van der Waals surface area contributed by atoms with Crippen LogP contribution in [0, 0.1) is 13.8 Å². The molecule has 0 spiro atoms. The first-order valence-electron chi connectivity index (χ1n) is 12.0. The standard InChI is InChI=1S/C31H30O3/c1-21-8-15-27(22(2)18-21)31-25(12-16-28(31)24-6-4-3-5-7-24)11-14-26(32)13-9-23-10-17-29-30(19-23)34-20-33-29/h3-8,10,12,15-19,31H,9,11,13-14,20H2,1-2H3. The largest absolute Gasteiger partial charge is 0.454 e. The Hall–Kier alpha value is -3.59. The van der Waals surface area contributed by atoms with Crippen molar-refractivity contribution in [3.8, 4) is 11.5 Å². The van der Waals surface area contributed by atoms with Gasteiger partial charge in [-0.1, -0.05) is 77.9 Å². The fourth-order valence-corrected chi connectivity index (χ4v) is 5.02. The Bertz CT molecular complexity index is 1270. The molecule has 1 unspecified atom stereocenters. The summed E-state index contributed by atoms with van der Waals surface area (Å²) in [6.45, 7) is 4.60. The lowest BCUT2D eigenvalue weighted by atomic mass is 9.81. The Morgan fingerprint density at radius 2 is 1.65 bits per heavy atom. The van der Waals surface area contributed by atoms with Gasteiger partial charge in [-0.05, 0) is 66.6 Å². The Labute approximate surface area is 201 Å². The third-order valence-electron chi connectivity index (χ3n) is 6.82. The maximum atomic E-state index is 12.8. The van der Waals surface area contributed by atoms with Crippen molar-refractivity contribution in [2.24, 2.45) is 0 Å². The molecule has 0 saturated carbocycles. The molecule has 3 nitrogen and oxygen atoms in total. The van der Waals surface area contributed by atoms with E-state index in [4.69, 9.17) is 9.47 Å². The van der Waals surface area contributed by atoms with Crippen molar-refractivity contribution in [2.75, 3.05) is 6.79 Å². The average molecular weight is 451 g/mol. The Balaban J connectivity index is 1.27. The van der Waals surface area contributed by atoms with E-state index in [0.29, 0.717) is 18.6 Å². The van der Waals surface area contributed by atoms with Gasteiger partial charge >= 0.3 is 0 Å². The second-order valence-electron chi connectivity index (χ2n) is 9.25. The quantitative estimate of drug-likeness (QED) is 0.366. The molecule has 5 rings (SSSR count). The summed E-state index contributed by atoms with van der Waals surface area (Å²) >= 11 is 0. The predicted octanol–water partition coefficient (Wildman–Crippen LogP) is 7.12. The van der Waals surface area contributed by atoms with Crippen molar-refractivity contribution in [1.29, 1.82) is 0 Å². The Morgan fingerprint density at radius 3 is 2.47 bits per heavy atom. The first kappa shape index (κ1) is 22.2. The van der Waals surface area contributed by atoms with Gasteiger partial charge in [-0.25, -0.2) is 0 Å². The number of ketones is 1. The van der Waals surface area contributed by atoms with Gasteiger partial charge in [0.25, 0.3) is 0 Å². The number of hydrogen-bond donors (Lipinski definition) is 0. The summed E-state index contributed by atoms with van der Waals surface area (Å²) in [4.78, 5) is 12.8. The Kier molecular flexibility index (Phi) is 6.35. The molecule has 3 aromatic carbocycles. The van der Waals surface area contributed by atoms with Crippen LogP contribution in [0.15, 0.2) is 84.5 Å². The SMILES string of the molecule is Cc1ccc(C2C(CCC(=O)CCc3ccc4c(c3)OCO4)=CC=C2c2ccccc2)c(C)c1. The number of rotatable bonds is 8. The third kappa shape index (κ3) is 4.70. The molecule has 0 radical (unpaired) electrons. The minimum atomic E-state index is 0.199. The van der Waals surface area contributed by atoms with Crippen LogP contribution in [0.5, 0.6) is 11.5 Å². The number of hydrogen-bond acceptors (Lipinski definition) is 3. The molecule has 1 aliphatic carbocycles. The van der Waals surface area contributed by atoms with E-state index in [0.717, 1.165) is 29.9 Å². The normalized spacial score (nSPS) is 16.4. The molecular formula is C31H30O3. The molecule has 1 atom stereocenters.